The van der Waals surface area contributed by atoms with Gasteiger partial charge in [-0.15, -0.1) is 22.9 Å². The summed E-state index contributed by atoms with van der Waals surface area (Å²) in [6, 6.07) is 3.83. The highest BCUT2D eigenvalue weighted by atomic mass is 35.5. The zero-order chi connectivity index (χ0) is 12.5. The summed E-state index contributed by atoms with van der Waals surface area (Å²) in [5.41, 5.74) is 2.78. The fourth-order valence-electron chi connectivity index (χ4n) is 1.88. The van der Waals surface area contributed by atoms with Crippen molar-refractivity contribution in [3.63, 3.8) is 0 Å². The molecule has 6 heteroatoms. The standard InChI is InChI=1S/C12H11ClN4S/c1-8-7-18-11(15-8)6-17-10(5-13)16-9-3-2-4-14-12(9)17/h2-4,7H,5-6H2,1H3. The lowest BCUT2D eigenvalue weighted by Gasteiger charge is -2.03. The number of aryl methyl sites for hydroxylation is 1. The number of rotatable bonds is 3. The molecule has 18 heavy (non-hydrogen) atoms. The molecule has 0 amide bonds. The minimum Gasteiger partial charge on any atom is -0.305 e. The molecule has 0 aromatic carbocycles. The number of halogens is 1. The molecule has 0 aliphatic rings. The number of aromatic nitrogens is 4. The monoisotopic (exact) mass is 278 g/mol. The highest BCUT2D eigenvalue weighted by Crippen LogP contribution is 2.18. The van der Waals surface area contributed by atoms with Crippen LogP contribution in [0.25, 0.3) is 11.2 Å². The lowest BCUT2D eigenvalue weighted by atomic mass is 10.4. The molecule has 0 saturated carbocycles. The van der Waals surface area contributed by atoms with Gasteiger partial charge < -0.3 is 4.57 Å². The summed E-state index contributed by atoms with van der Waals surface area (Å²) in [5.74, 6) is 1.21. The molecule has 0 bridgehead atoms. The van der Waals surface area contributed by atoms with Gasteiger partial charge in [-0.25, -0.2) is 15.0 Å². The van der Waals surface area contributed by atoms with Gasteiger partial charge in [0.2, 0.25) is 0 Å². The third-order valence-electron chi connectivity index (χ3n) is 2.66. The average molecular weight is 279 g/mol. The molecule has 0 aliphatic heterocycles. The van der Waals surface area contributed by atoms with Crippen molar-refractivity contribution in [2.45, 2.75) is 19.3 Å². The van der Waals surface area contributed by atoms with Gasteiger partial charge >= 0.3 is 0 Å². The predicted octanol–water partition coefficient (Wildman–Crippen LogP) is 2.98. The van der Waals surface area contributed by atoms with Crippen molar-refractivity contribution in [1.82, 2.24) is 19.5 Å². The molecule has 3 rings (SSSR count). The number of alkyl halides is 1. The molecule has 3 aromatic heterocycles. The predicted molar refractivity (Wildman–Crippen MR) is 73.0 cm³/mol. The van der Waals surface area contributed by atoms with Crippen LogP contribution in [0.5, 0.6) is 0 Å². The van der Waals surface area contributed by atoms with Crippen LogP contribution in [-0.2, 0) is 12.4 Å². The Morgan fingerprint density at radius 2 is 2.28 bits per heavy atom. The van der Waals surface area contributed by atoms with Gasteiger partial charge in [0.15, 0.2) is 5.65 Å². The summed E-state index contributed by atoms with van der Waals surface area (Å²) in [6.45, 7) is 2.67. The van der Waals surface area contributed by atoms with E-state index in [1.165, 1.54) is 0 Å². The quantitative estimate of drug-likeness (QED) is 0.692. The smallest absolute Gasteiger partial charge is 0.160 e. The van der Waals surface area contributed by atoms with Gasteiger partial charge in [0.05, 0.1) is 12.4 Å². The lowest BCUT2D eigenvalue weighted by molar-refractivity contribution is 0.763. The molecule has 0 atom stereocenters. The Bertz CT molecular complexity index is 688. The maximum atomic E-state index is 5.95. The summed E-state index contributed by atoms with van der Waals surface area (Å²) in [5, 5.41) is 3.09. The highest BCUT2D eigenvalue weighted by molar-refractivity contribution is 7.09. The number of hydrogen-bond donors (Lipinski definition) is 0. The SMILES string of the molecule is Cc1csc(Cn2c(CCl)nc3cccnc32)n1. The van der Waals surface area contributed by atoms with Gasteiger partial charge in [0, 0.05) is 17.3 Å². The maximum Gasteiger partial charge on any atom is 0.160 e. The molecule has 0 saturated heterocycles. The minimum absolute atomic E-state index is 0.376. The van der Waals surface area contributed by atoms with Gasteiger partial charge in [-0.3, -0.25) is 0 Å². The number of thiazole rings is 1. The summed E-state index contributed by atoms with van der Waals surface area (Å²) in [6.07, 6.45) is 1.77. The molecular weight excluding hydrogens is 268 g/mol. The van der Waals surface area contributed by atoms with E-state index in [0.717, 1.165) is 27.7 Å². The van der Waals surface area contributed by atoms with E-state index in [-0.39, 0.29) is 0 Å². The lowest BCUT2D eigenvalue weighted by Crippen LogP contribution is -2.04. The summed E-state index contributed by atoms with van der Waals surface area (Å²) in [7, 11) is 0. The zero-order valence-corrected chi connectivity index (χ0v) is 11.4. The van der Waals surface area contributed by atoms with E-state index in [1.54, 1.807) is 17.5 Å². The molecule has 3 heterocycles. The van der Waals surface area contributed by atoms with Crippen LogP contribution in [0.2, 0.25) is 0 Å². The molecule has 92 valence electrons. The first-order valence-corrected chi connectivity index (χ1v) is 6.96. The topological polar surface area (TPSA) is 43.6 Å². The van der Waals surface area contributed by atoms with E-state index in [9.17, 15) is 0 Å². The van der Waals surface area contributed by atoms with Crippen molar-refractivity contribution in [2.75, 3.05) is 0 Å². The van der Waals surface area contributed by atoms with Crippen LogP contribution in [0, 0.1) is 6.92 Å². The molecule has 0 radical (unpaired) electrons. The Balaban J connectivity index is 2.09. The van der Waals surface area contributed by atoms with Crippen LogP contribution >= 0.6 is 22.9 Å². The van der Waals surface area contributed by atoms with Crippen LogP contribution in [0.4, 0.5) is 0 Å². The zero-order valence-electron chi connectivity index (χ0n) is 9.80. The van der Waals surface area contributed by atoms with Gasteiger partial charge in [-0.2, -0.15) is 0 Å². The Morgan fingerprint density at radius 3 is 3.00 bits per heavy atom. The minimum atomic E-state index is 0.376. The van der Waals surface area contributed by atoms with E-state index in [1.807, 2.05) is 29.0 Å². The molecule has 3 aromatic rings. The third-order valence-corrected chi connectivity index (χ3v) is 3.85. The molecule has 4 nitrogen and oxygen atoms in total. The molecule has 0 fully saturated rings. The first-order chi connectivity index (χ1) is 8.78. The van der Waals surface area contributed by atoms with Crippen molar-refractivity contribution in [3.8, 4) is 0 Å². The van der Waals surface area contributed by atoms with Gasteiger partial charge in [-0.05, 0) is 19.1 Å². The van der Waals surface area contributed by atoms with Crippen LogP contribution in [0.3, 0.4) is 0 Å². The fraction of sp³-hybridized carbons (Fsp3) is 0.250. The van der Waals surface area contributed by atoms with Crippen LogP contribution < -0.4 is 0 Å². The largest absolute Gasteiger partial charge is 0.305 e. The molecule has 0 aliphatic carbocycles. The Morgan fingerprint density at radius 1 is 1.39 bits per heavy atom. The number of fused-ring (bicyclic) bond motifs is 1. The van der Waals surface area contributed by atoms with Gasteiger partial charge in [-0.1, -0.05) is 0 Å². The van der Waals surface area contributed by atoms with E-state index in [4.69, 9.17) is 11.6 Å². The Hall–Kier alpha value is -1.46. The van der Waals surface area contributed by atoms with Crippen molar-refractivity contribution in [1.29, 1.82) is 0 Å². The second-order valence-electron chi connectivity index (χ2n) is 3.98. The number of hydrogen-bond acceptors (Lipinski definition) is 4. The van der Waals surface area contributed by atoms with E-state index in [0.29, 0.717) is 12.4 Å². The van der Waals surface area contributed by atoms with Gasteiger partial charge in [0.1, 0.15) is 16.3 Å². The second kappa shape index (κ2) is 4.66. The number of nitrogens with zero attached hydrogens (tertiary/aromatic N) is 4. The molecule has 0 N–H and O–H groups in total. The van der Waals surface area contributed by atoms with E-state index >= 15 is 0 Å². The summed E-state index contributed by atoms with van der Waals surface area (Å²) in [4.78, 5) is 13.3. The van der Waals surface area contributed by atoms with Crippen molar-refractivity contribution < 1.29 is 0 Å². The van der Waals surface area contributed by atoms with Crippen LogP contribution in [0.15, 0.2) is 23.7 Å². The highest BCUT2D eigenvalue weighted by Gasteiger charge is 2.12. The third kappa shape index (κ3) is 2.00. The van der Waals surface area contributed by atoms with Crippen LogP contribution in [-0.4, -0.2) is 19.5 Å². The van der Waals surface area contributed by atoms with E-state index < -0.39 is 0 Å². The first kappa shape index (κ1) is 11.6. The summed E-state index contributed by atoms with van der Waals surface area (Å²) >= 11 is 7.59. The average Bonchev–Trinajstić information content (AvgIpc) is 2.94. The van der Waals surface area contributed by atoms with Gasteiger partial charge in [0.25, 0.3) is 0 Å². The molecular formula is C12H11ClN4S. The summed E-state index contributed by atoms with van der Waals surface area (Å²) < 4.78 is 2.03. The molecule has 0 spiro atoms. The van der Waals surface area contributed by atoms with Crippen molar-refractivity contribution >= 4 is 34.1 Å². The van der Waals surface area contributed by atoms with Crippen molar-refractivity contribution in [3.05, 3.63) is 40.2 Å². The number of imidazole rings is 1. The van der Waals surface area contributed by atoms with E-state index in [2.05, 4.69) is 15.0 Å². The molecule has 0 unspecified atom stereocenters. The fourth-order valence-corrected chi connectivity index (χ4v) is 2.85. The Labute approximate surface area is 113 Å². The second-order valence-corrected chi connectivity index (χ2v) is 5.19. The number of pyridine rings is 1. The Kier molecular flexibility index (Phi) is 3.01. The first-order valence-electron chi connectivity index (χ1n) is 5.55. The maximum absolute atomic E-state index is 5.95. The normalized spacial score (nSPS) is 11.2. The van der Waals surface area contributed by atoms with Crippen LogP contribution in [0.1, 0.15) is 16.5 Å². The van der Waals surface area contributed by atoms with Crippen molar-refractivity contribution in [2.24, 2.45) is 0 Å².